The van der Waals surface area contributed by atoms with Crippen molar-refractivity contribution >= 4 is 6.03 Å². The van der Waals surface area contributed by atoms with Crippen LogP contribution < -0.4 is 10.1 Å². The van der Waals surface area contributed by atoms with E-state index < -0.39 is 11.8 Å². The average Bonchev–Trinajstić information content (AvgIpc) is 2.53. The summed E-state index contributed by atoms with van der Waals surface area (Å²) in [4.78, 5) is 20.5. The lowest BCUT2D eigenvalue weighted by Gasteiger charge is -2.15. The summed E-state index contributed by atoms with van der Waals surface area (Å²) >= 11 is 0. The molecule has 2 rings (SSSR count). The minimum atomic E-state index is -0.400. The van der Waals surface area contributed by atoms with E-state index in [9.17, 15) is 9.18 Å². The van der Waals surface area contributed by atoms with Crippen molar-refractivity contribution in [2.75, 3.05) is 14.2 Å². The summed E-state index contributed by atoms with van der Waals surface area (Å²) in [7, 11) is 2.88. The predicted molar refractivity (Wildman–Crippen MR) is 77.7 cm³/mol. The fourth-order valence-corrected chi connectivity index (χ4v) is 1.66. The minimum Gasteiger partial charge on any atom is -0.439 e. The highest BCUT2D eigenvalue weighted by atomic mass is 19.1. The van der Waals surface area contributed by atoms with Gasteiger partial charge in [-0.3, -0.25) is 4.84 Å². The second-order valence-corrected chi connectivity index (χ2v) is 4.37. The van der Waals surface area contributed by atoms with Crippen LogP contribution in [0.5, 0.6) is 11.6 Å². The average molecular weight is 305 g/mol. The van der Waals surface area contributed by atoms with Crippen LogP contribution in [0.25, 0.3) is 0 Å². The van der Waals surface area contributed by atoms with Crippen LogP contribution in [0.4, 0.5) is 9.18 Å². The number of nitrogens with one attached hydrogen (secondary N) is 1. The summed E-state index contributed by atoms with van der Waals surface area (Å²) in [6, 6.07) is 8.84. The van der Waals surface area contributed by atoms with Gasteiger partial charge in [0.05, 0.1) is 7.11 Å². The Kier molecular flexibility index (Phi) is 5.26. The summed E-state index contributed by atoms with van der Waals surface area (Å²) in [5.41, 5.74) is 0.657. The zero-order chi connectivity index (χ0) is 15.9. The van der Waals surface area contributed by atoms with Crippen LogP contribution in [0.1, 0.15) is 5.56 Å². The molecule has 0 unspecified atom stereocenters. The third-order valence-corrected chi connectivity index (χ3v) is 2.85. The molecule has 0 atom stereocenters. The van der Waals surface area contributed by atoms with Gasteiger partial charge < -0.3 is 10.1 Å². The molecule has 0 spiro atoms. The molecule has 22 heavy (non-hydrogen) atoms. The van der Waals surface area contributed by atoms with Crippen LogP contribution in [0.2, 0.25) is 0 Å². The fourth-order valence-electron chi connectivity index (χ4n) is 1.66. The number of urea groups is 1. The van der Waals surface area contributed by atoms with Gasteiger partial charge in [0.15, 0.2) is 0 Å². The highest BCUT2D eigenvalue weighted by Crippen LogP contribution is 2.23. The quantitative estimate of drug-likeness (QED) is 0.863. The fraction of sp³-hybridized carbons (Fsp3) is 0.200. The topological polar surface area (TPSA) is 63.7 Å². The number of benzene rings is 1. The van der Waals surface area contributed by atoms with E-state index in [1.54, 1.807) is 30.5 Å². The number of hydroxylamine groups is 2. The van der Waals surface area contributed by atoms with Crippen molar-refractivity contribution in [3.05, 3.63) is 54.0 Å². The van der Waals surface area contributed by atoms with Gasteiger partial charge >= 0.3 is 6.03 Å². The monoisotopic (exact) mass is 305 g/mol. The van der Waals surface area contributed by atoms with Crippen LogP contribution in [0.15, 0.2) is 42.6 Å². The number of pyridine rings is 1. The molecule has 0 aliphatic rings. The summed E-state index contributed by atoms with van der Waals surface area (Å²) < 4.78 is 18.7. The zero-order valence-electron chi connectivity index (χ0n) is 12.2. The van der Waals surface area contributed by atoms with Crippen molar-refractivity contribution in [2.24, 2.45) is 0 Å². The second kappa shape index (κ2) is 7.37. The van der Waals surface area contributed by atoms with E-state index in [-0.39, 0.29) is 6.54 Å². The largest absolute Gasteiger partial charge is 0.439 e. The molecule has 0 saturated heterocycles. The number of ether oxygens (including phenoxy) is 1. The van der Waals surface area contributed by atoms with Crippen LogP contribution >= 0.6 is 0 Å². The number of hydrogen-bond donors (Lipinski definition) is 1. The van der Waals surface area contributed by atoms with E-state index in [1.807, 2.05) is 0 Å². The van der Waals surface area contributed by atoms with Gasteiger partial charge in [0, 0.05) is 31.4 Å². The van der Waals surface area contributed by atoms with E-state index in [1.165, 1.54) is 26.3 Å². The maximum absolute atomic E-state index is 13.2. The molecule has 2 amide bonds. The molecular weight excluding hydrogens is 289 g/mol. The van der Waals surface area contributed by atoms with Gasteiger partial charge in [0.25, 0.3) is 0 Å². The Hall–Kier alpha value is -2.67. The third kappa shape index (κ3) is 4.16. The van der Waals surface area contributed by atoms with Gasteiger partial charge in [0.2, 0.25) is 5.88 Å². The van der Waals surface area contributed by atoms with Crippen LogP contribution in [0, 0.1) is 5.82 Å². The molecule has 7 heteroatoms. The van der Waals surface area contributed by atoms with E-state index in [2.05, 4.69) is 10.3 Å². The maximum Gasteiger partial charge on any atom is 0.341 e. The van der Waals surface area contributed by atoms with E-state index in [0.29, 0.717) is 17.2 Å². The Labute approximate surface area is 127 Å². The molecule has 0 aliphatic carbocycles. The smallest absolute Gasteiger partial charge is 0.341 e. The number of nitrogens with zero attached hydrogens (tertiary/aromatic N) is 2. The number of carbonyl (C=O) groups is 1. The maximum atomic E-state index is 13.2. The molecule has 2 aromatic rings. The molecule has 1 heterocycles. The second-order valence-electron chi connectivity index (χ2n) is 4.37. The number of halogens is 1. The summed E-state index contributed by atoms with van der Waals surface area (Å²) in [5, 5.41) is 3.71. The van der Waals surface area contributed by atoms with Crippen molar-refractivity contribution in [1.29, 1.82) is 0 Å². The molecule has 1 N–H and O–H groups in total. The Morgan fingerprint density at radius 2 is 2.18 bits per heavy atom. The third-order valence-electron chi connectivity index (χ3n) is 2.85. The van der Waals surface area contributed by atoms with Gasteiger partial charge in [-0.25, -0.2) is 19.2 Å². The number of hydrogen-bond acceptors (Lipinski definition) is 4. The molecule has 1 aromatic carbocycles. The lowest BCUT2D eigenvalue weighted by molar-refractivity contribution is -0.0648. The molecule has 0 radical (unpaired) electrons. The van der Waals surface area contributed by atoms with Gasteiger partial charge in [-0.05, 0) is 18.2 Å². The van der Waals surface area contributed by atoms with Crippen LogP contribution in [-0.4, -0.2) is 30.2 Å². The molecule has 0 fully saturated rings. The minimum absolute atomic E-state index is 0.199. The van der Waals surface area contributed by atoms with Crippen molar-refractivity contribution in [1.82, 2.24) is 15.4 Å². The first-order valence-electron chi connectivity index (χ1n) is 6.53. The molecule has 6 nitrogen and oxygen atoms in total. The van der Waals surface area contributed by atoms with Gasteiger partial charge in [-0.2, -0.15) is 0 Å². The van der Waals surface area contributed by atoms with Gasteiger partial charge in [0.1, 0.15) is 11.6 Å². The zero-order valence-corrected chi connectivity index (χ0v) is 12.2. The van der Waals surface area contributed by atoms with E-state index in [4.69, 9.17) is 9.57 Å². The molecular formula is C15H16FN3O3. The van der Waals surface area contributed by atoms with Gasteiger partial charge in [-0.15, -0.1) is 0 Å². The lowest BCUT2D eigenvalue weighted by Crippen LogP contribution is -2.36. The Morgan fingerprint density at radius 1 is 1.36 bits per heavy atom. The SMILES string of the molecule is CON(C)C(=O)NCc1cccnc1Oc1cccc(F)c1. The Bertz CT molecular complexity index is 651. The van der Waals surface area contributed by atoms with Crippen molar-refractivity contribution in [2.45, 2.75) is 6.54 Å². The summed E-state index contributed by atoms with van der Waals surface area (Å²) in [5.74, 6) is 0.235. The number of amides is 2. The summed E-state index contributed by atoms with van der Waals surface area (Å²) in [6.07, 6.45) is 1.56. The van der Waals surface area contributed by atoms with Crippen molar-refractivity contribution < 1.29 is 18.8 Å². The first kappa shape index (κ1) is 15.7. The Morgan fingerprint density at radius 3 is 2.91 bits per heavy atom. The molecule has 116 valence electrons. The number of aromatic nitrogens is 1. The highest BCUT2D eigenvalue weighted by Gasteiger charge is 2.11. The first-order chi connectivity index (χ1) is 10.6. The first-order valence-corrected chi connectivity index (χ1v) is 6.53. The predicted octanol–water partition coefficient (Wildman–Crippen LogP) is 2.72. The number of carbonyl (C=O) groups excluding carboxylic acids is 1. The molecule has 1 aromatic heterocycles. The van der Waals surface area contributed by atoms with Crippen molar-refractivity contribution in [3.63, 3.8) is 0 Å². The molecule has 0 saturated carbocycles. The molecule has 0 bridgehead atoms. The van der Waals surface area contributed by atoms with Gasteiger partial charge in [-0.1, -0.05) is 12.1 Å². The Balaban J connectivity index is 2.08. The highest BCUT2D eigenvalue weighted by molar-refractivity contribution is 5.72. The van der Waals surface area contributed by atoms with Crippen molar-refractivity contribution in [3.8, 4) is 11.6 Å². The molecule has 0 aliphatic heterocycles. The van der Waals surface area contributed by atoms with E-state index in [0.717, 1.165) is 5.06 Å². The van der Waals surface area contributed by atoms with Crippen LogP contribution in [0.3, 0.4) is 0 Å². The normalized spacial score (nSPS) is 10.1. The number of rotatable bonds is 5. The van der Waals surface area contributed by atoms with E-state index >= 15 is 0 Å². The summed E-state index contributed by atoms with van der Waals surface area (Å²) in [6.45, 7) is 0.199. The standard InChI is InChI=1S/C15H16FN3O3/c1-19(21-2)15(20)18-10-11-5-4-8-17-14(11)22-13-7-3-6-12(16)9-13/h3-9H,10H2,1-2H3,(H,18,20). The lowest BCUT2D eigenvalue weighted by atomic mass is 10.2. The van der Waals surface area contributed by atoms with Crippen LogP contribution in [-0.2, 0) is 11.4 Å².